The summed E-state index contributed by atoms with van der Waals surface area (Å²) in [6, 6.07) is 7.92. The Kier molecular flexibility index (Phi) is 5.97. The molecule has 4 nitrogen and oxygen atoms in total. The topological polar surface area (TPSA) is 75.7 Å². The van der Waals surface area contributed by atoms with Crippen molar-refractivity contribution in [3.8, 4) is 5.75 Å². The van der Waals surface area contributed by atoms with Gasteiger partial charge >= 0.3 is 0 Å². The summed E-state index contributed by atoms with van der Waals surface area (Å²) >= 11 is 0. The quantitative estimate of drug-likeness (QED) is 0.654. The number of aryl methyl sites for hydroxylation is 1. The van der Waals surface area contributed by atoms with Crippen LogP contribution in [0.15, 0.2) is 24.3 Å². The van der Waals surface area contributed by atoms with Gasteiger partial charge < -0.3 is 20.7 Å². The van der Waals surface area contributed by atoms with E-state index < -0.39 is 6.10 Å². The van der Waals surface area contributed by atoms with Crippen molar-refractivity contribution in [1.29, 1.82) is 0 Å². The predicted molar refractivity (Wildman–Crippen MR) is 67.0 cm³/mol. The number of rotatable bonds is 7. The van der Waals surface area contributed by atoms with Gasteiger partial charge in [-0.25, -0.2) is 0 Å². The van der Waals surface area contributed by atoms with Crippen molar-refractivity contribution in [2.24, 2.45) is 5.73 Å². The molecule has 0 spiro atoms. The highest BCUT2D eigenvalue weighted by Gasteiger charge is 2.03. The fourth-order valence-electron chi connectivity index (χ4n) is 1.39. The predicted octanol–water partition coefficient (Wildman–Crippen LogP) is 0.698. The van der Waals surface area contributed by atoms with Crippen molar-refractivity contribution >= 4 is 0 Å². The van der Waals surface area contributed by atoms with Gasteiger partial charge in [-0.3, -0.25) is 0 Å². The molecule has 0 aliphatic heterocycles. The number of nitrogens with two attached hydrogens (primary N) is 1. The van der Waals surface area contributed by atoms with Gasteiger partial charge in [0.1, 0.15) is 18.5 Å². The Morgan fingerprint density at radius 2 is 1.94 bits per heavy atom. The van der Waals surface area contributed by atoms with E-state index in [-0.39, 0.29) is 19.3 Å². The van der Waals surface area contributed by atoms with Crippen molar-refractivity contribution in [1.82, 2.24) is 0 Å². The molecule has 0 radical (unpaired) electrons. The number of ether oxygens (including phenoxy) is 1. The van der Waals surface area contributed by atoms with Gasteiger partial charge in [0.2, 0.25) is 0 Å². The molecule has 1 aromatic rings. The lowest BCUT2D eigenvalue weighted by atomic mass is 10.1. The van der Waals surface area contributed by atoms with E-state index in [0.717, 1.165) is 12.8 Å². The van der Waals surface area contributed by atoms with Gasteiger partial charge in [-0.15, -0.1) is 0 Å². The van der Waals surface area contributed by atoms with E-state index in [2.05, 4.69) is 0 Å². The van der Waals surface area contributed by atoms with E-state index >= 15 is 0 Å². The zero-order valence-corrected chi connectivity index (χ0v) is 10.2. The van der Waals surface area contributed by atoms with Gasteiger partial charge in [0.15, 0.2) is 0 Å². The standard InChI is InChI=1S/C13H21NO3/c1-10(14)2-3-11-4-6-13(7-5-11)17-9-12(16)8-15/h4-7,10,12,15-16H,2-3,8-9,14H2,1H3. The van der Waals surface area contributed by atoms with Crippen LogP contribution in [0.25, 0.3) is 0 Å². The van der Waals surface area contributed by atoms with Crippen LogP contribution in [0.2, 0.25) is 0 Å². The van der Waals surface area contributed by atoms with E-state index in [9.17, 15) is 0 Å². The van der Waals surface area contributed by atoms with Crippen molar-refractivity contribution < 1.29 is 14.9 Å². The Balaban J connectivity index is 2.39. The van der Waals surface area contributed by atoms with Gasteiger partial charge in [-0.05, 0) is 37.5 Å². The van der Waals surface area contributed by atoms with E-state index in [1.165, 1.54) is 5.56 Å². The third-order valence-electron chi connectivity index (χ3n) is 2.46. The van der Waals surface area contributed by atoms with Crippen LogP contribution in [0.3, 0.4) is 0 Å². The molecule has 0 aliphatic rings. The number of benzene rings is 1. The van der Waals surface area contributed by atoms with E-state index in [0.29, 0.717) is 5.75 Å². The highest BCUT2D eigenvalue weighted by molar-refractivity contribution is 5.27. The zero-order chi connectivity index (χ0) is 12.7. The average Bonchev–Trinajstić information content (AvgIpc) is 2.34. The highest BCUT2D eigenvalue weighted by atomic mass is 16.5. The first kappa shape index (κ1) is 14.0. The van der Waals surface area contributed by atoms with Crippen LogP contribution in [-0.2, 0) is 6.42 Å². The lowest BCUT2D eigenvalue weighted by molar-refractivity contribution is 0.0536. The molecule has 1 rings (SSSR count). The van der Waals surface area contributed by atoms with Crippen LogP contribution in [0.5, 0.6) is 5.75 Å². The summed E-state index contributed by atoms with van der Waals surface area (Å²) < 4.78 is 5.30. The smallest absolute Gasteiger partial charge is 0.119 e. The Morgan fingerprint density at radius 3 is 2.47 bits per heavy atom. The lowest BCUT2D eigenvalue weighted by Gasteiger charge is -2.10. The van der Waals surface area contributed by atoms with E-state index in [1.54, 1.807) is 0 Å². The Morgan fingerprint density at radius 1 is 1.29 bits per heavy atom. The molecule has 96 valence electrons. The first-order chi connectivity index (χ1) is 8.11. The molecule has 0 saturated carbocycles. The van der Waals surface area contributed by atoms with Gasteiger partial charge in [-0.1, -0.05) is 12.1 Å². The van der Waals surface area contributed by atoms with Crippen LogP contribution >= 0.6 is 0 Å². The lowest BCUT2D eigenvalue weighted by Crippen LogP contribution is -2.21. The molecule has 17 heavy (non-hydrogen) atoms. The fourth-order valence-corrected chi connectivity index (χ4v) is 1.39. The third kappa shape index (κ3) is 5.68. The van der Waals surface area contributed by atoms with Gasteiger partial charge in [0.05, 0.1) is 6.61 Å². The molecular formula is C13H21NO3. The van der Waals surface area contributed by atoms with Crippen molar-refractivity contribution in [3.63, 3.8) is 0 Å². The summed E-state index contributed by atoms with van der Waals surface area (Å²) in [6.07, 6.45) is 1.09. The van der Waals surface area contributed by atoms with E-state index in [1.807, 2.05) is 31.2 Å². The van der Waals surface area contributed by atoms with Crippen LogP contribution in [0.1, 0.15) is 18.9 Å². The zero-order valence-electron chi connectivity index (χ0n) is 10.2. The molecule has 0 bridgehead atoms. The summed E-state index contributed by atoms with van der Waals surface area (Å²) in [4.78, 5) is 0. The normalized spacial score (nSPS) is 14.4. The first-order valence-electron chi connectivity index (χ1n) is 5.88. The maximum atomic E-state index is 9.13. The molecular weight excluding hydrogens is 218 g/mol. The maximum Gasteiger partial charge on any atom is 0.119 e. The fraction of sp³-hybridized carbons (Fsp3) is 0.538. The molecule has 0 aromatic heterocycles. The molecule has 0 fully saturated rings. The monoisotopic (exact) mass is 239 g/mol. The van der Waals surface area contributed by atoms with Crippen LogP contribution in [0, 0.1) is 0 Å². The molecule has 1 aromatic carbocycles. The summed E-state index contributed by atoms with van der Waals surface area (Å²) in [7, 11) is 0. The van der Waals surface area contributed by atoms with Crippen molar-refractivity contribution in [2.45, 2.75) is 31.9 Å². The van der Waals surface area contributed by atoms with Gasteiger partial charge in [-0.2, -0.15) is 0 Å². The number of aliphatic hydroxyl groups is 2. The molecule has 0 heterocycles. The van der Waals surface area contributed by atoms with Crippen molar-refractivity contribution in [2.75, 3.05) is 13.2 Å². The Bertz CT molecular complexity index is 311. The van der Waals surface area contributed by atoms with E-state index in [4.69, 9.17) is 20.7 Å². The number of aliphatic hydroxyl groups excluding tert-OH is 2. The maximum absolute atomic E-state index is 9.13. The highest BCUT2D eigenvalue weighted by Crippen LogP contribution is 2.14. The molecule has 2 atom stereocenters. The van der Waals surface area contributed by atoms with Crippen molar-refractivity contribution in [3.05, 3.63) is 29.8 Å². The summed E-state index contributed by atoms with van der Waals surface area (Å²) in [5.74, 6) is 0.696. The second-order valence-corrected chi connectivity index (χ2v) is 4.31. The molecule has 0 amide bonds. The minimum absolute atomic E-state index is 0.107. The van der Waals surface area contributed by atoms with Crippen LogP contribution in [0.4, 0.5) is 0 Å². The summed E-state index contributed by atoms with van der Waals surface area (Å²) in [6.45, 7) is 1.82. The minimum atomic E-state index is -0.826. The largest absolute Gasteiger partial charge is 0.491 e. The second kappa shape index (κ2) is 7.27. The first-order valence-corrected chi connectivity index (χ1v) is 5.88. The molecule has 2 unspecified atom stereocenters. The summed E-state index contributed by atoms with van der Waals surface area (Å²) in [5, 5.41) is 17.8. The summed E-state index contributed by atoms with van der Waals surface area (Å²) in [5.41, 5.74) is 6.91. The Labute approximate surface area is 102 Å². The van der Waals surface area contributed by atoms with Gasteiger partial charge in [0, 0.05) is 6.04 Å². The minimum Gasteiger partial charge on any atom is -0.491 e. The van der Waals surface area contributed by atoms with Gasteiger partial charge in [0.25, 0.3) is 0 Å². The number of hydrogen-bond donors (Lipinski definition) is 3. The van der Waals surface area contributed by atoms with Crippen LogP contribution < -0.4 is 10.5 Å². The van der Waals surface area contributed by atoms with Crippen LogP contribution in [-0.4, -0.2) is 35.6 Å². The third-order valence-corrected chi connectivity index (χ3v) is 2.46. The molecule has 0 aliphatic carbocycles. The SMILES string of the molecule is CC(N)CCc1ccc(OCC(O)CO)cc1. The number of hydrogen-bond acceptors (Lipinski definition) is 4. The molecule has 0 saturated heterocycles. The average molecular weight is 239 g/mol. The second-order valence-electron chi connectivity index (χ2n) is 4.31. The molecule has 4 heteroatoms. The Hall–Kier alpha value is -1.10. The molecule has 4 N–H and O–H groups in total.